The van der Waals surface area contributed by atoms with Crippen LogP contribution in [0.3, 0.4) is 0 Å². The number of nitrogens with zero attached hydrogens (tertiary/aromatic N) is 5. The van der Waals surface area contributed by atoms with E-state index >= 15 is 0 Å². The van der Waals surface area contributed by atoms with E-state index in [0.717, 1.165) is 12.1 Å². The fourth-order valence-electron chi connectivity index (χ4n) is 4.03. The van der Waals surface area contributed by atoms with Crippen LogP contribution in [0.5, 0.6) is 0 Å². The highest BCUT2D eigenvalue weighted by atomic mass is 19.4. The Morgan fingerprint density at radius 3 is 2.22 bits per heavy atom. The topological polar surface area (TPSA) is 71.3 Å². The van der Waals surface area contributed by atoms with Gasteiger partial charge < -0.3 is 9.80 Å². The standard InChI is InChI=1S/C22H22F3N5O2/c1-13-11-17(18-14(2)27-28(3)19(18)26-13)21(32)30-9-7-29(8-10-30)20(31)15-5-4-6-16(12-15)22(23,24)25/h4-6,11-12H,7-10H2,1-3H3. The highest BCUT2D eigenvalue weighted by Crippen LogP contribution is 2.30. The van der Waals surface area contributed by atoms with E-state index in [-0.39, 0.29) is 37.6 Å². The molecular weight excluding hydrogens is 423 g/mol. The van der Waals surface area contributed by atoms with Crippen molar-refractivity contribution in [3.05, 3.63) is 58.4 Å². The largest absolute Gasteiger partial charge is 0.416 e. The second-order valence-corrected chi connectivity index (χ2v) is 7.88. The number of alkyl halides is 3. The Balaban J connectivity index is 1.51. The normalized spacial score (nSPS) is 14.8. The van der Waals surface area contributed by atoms with Crippen LogP contribution in [0.4, 0.5) is 13.2 Å². The van der Waals surface area contributed by atoms with Gasteiger partial charge in [-0.3, -0.25) is 14.3 Å². The summed E-state index contributed by atoms with van der Waals surface area (Å²) in [6, 6.07) is 6.13. The van der Waals surface area contributed by atoms with Gasteiger partial charge in [-0.25, -0.2) is 4.98 Å². The number of aromatic nitrogens is 3. The number of hydrogen-bond acceptors (Lipinski definition) is 4. The Morgan fingerprint density at radius 2 is 1.59 bits per heavy atom. The van der Waals surface area contributed by atoms with E-state index in [2.05, 4.69) is 10.1 Å². The van der Waals surface area contributed by atoms with Gasteiger partial charge in [0.05, 0.1) is 22.2 Å². The average molecular weight is 445 g/mol. The molecule has 0 N–H and O–H groups in total. The molecule has 0 atom stereocenters. The van der Waals surface area contributed by atoms with E-state index in [1.807, 2.05) is 13.8 Å². The summed E-state index contributed by atoms with van der Waals surface area (Å²) in [5.41, 5.74) is 1.66. The minimum Gasteiger partial charge on any atom is -0.335 e. The monoisotopic (exact) mass is 445 g/mol. The zero-order valence-corrected chi connectivity index (χ0v) is 17.9. The van der Waals surface area contributed by atoms with Gasteiger partial charge in [0.25, 0.3) is 11.8 Å². The summed E-state index contributed by atoms with van der Waals surface area (Å²) in [5.74, 6) is -0.656. The number of hydrogen-bond donors (Lipinski definition) is 0. The van der Waals surface area contributed by atoms with Crippen LogP contribution >= 0.6 is 0 Å². The molecule has 7 nitrogen and oxygen atoms in total. The van der Waals surface area contributed by atoms with Crippen molar-refractivity contribution in [2.75, 3.05) is 26.2 Å². The quantitative estimate of drug-likeness (QED) is 0.608. The van der Waals surface area contributed by atoms with Crippen molar-refractivity contribution in [2.45, 2.75) is 20.0 Å². The molecule has 0 spiro atoms. The van der Waals surface area contributed by atoms with Crippen LogP contribution in [-0.4, -0.2) is 62.6 Å². The van der Waals surface area contributed by atoms with Crippen molar-refractivity contribution in [2.24, 2.45) is 7.05 Å². The van der Waals surface area contributed by atoms with E-state index in [0.29, 0.717) is 28.0 Å². The minimum absolute atomic E-state index is 0.0166. The first-order valence-electron chi connectivity index (χ1n) is 10.1. The maximum Gasteiger partial charge on any atom is 0.416 e. The first kappa shape index (κ1) is 21.8. The molecule has 32 heavy (non-hydrogen) atoms. The molecule has 0 aliphatic carbocycles. The predicted octanol–water partition coefficient (Wildman–Crippen LogP) is 3.20. The minimum atomic E-state index is -4.51. The molecule has 1 saturated heterocycles. The van der Waals surface area contributed by atoms with E-state index in [4.69, 9.17) is 0 Å². The molecule has 1 aliphatic heterocycles. The van der Waals surface area contributed by atoms with Gasteiger partial charge in [-0.05, 0) is 38.1 Å². The van der Waals surface area contributed by atoms with Crippen molar-refractivity contribution in [1.82, 2.24) is 24.6 Å². The number of carbonyl (C=O) groups is 2. The number of rotatable bonds is 2. The van der Waals surface area contributed by atoms with Gasteiger partial charge >= 0.3 is 6.18 Å². The van der Waals surface area contributed by atoms with Gasteiger partial charge in [0, 0.05) is 44.5 Å². The lowest BCUT2D eigenvalue weighted by Gasteiger charge is -2.35. The van der Waals surface area contributed by atoms with E-state index in [1.54, 1.807) is 22.7 Å². The van der Waals surface area contributed by atoms with E-state index in [9.17, 15) is 22.8 Å². The first-order chi connectivity index (χ1) is 15.1. The van der Waals surface area contributed by atoms with Crippen molar-refractivity contribution >= 4 is 22.8 Å². The highest BCUT2D eigenvalue weighted by molar-refractivity contribution is 6.06. The third kappa shape index (κ3) is 3.92. The summed E-state index contributed by atoms with van der Waals surface area (Å²) in [6.07, 6.45) is -4.51. The number of aryl methyl sites for hydroxylation is 3. The zero-order chi connectivity index (χ0) is 23.2. The lowest BCUT2D eigenvalue weighted by Crippen LogP contribution is -2.50. The van der Waals surface area contributed by atoms with Crippen LogP contribution in [0.2, 0.25) is 0 Å². The third-order valence-corrected chi connectivity index (χ3v) is 5.62. The number of halogens is 3. The molecule has 0 saturated carbocycles. The molecule has 0 bridgehead atoms. The lowest BCUT2D eigenvalue weighted by atomic mass is 10.1. The summed E-state index contributed by atoms with van der Waals surface area (Å²) in [6.45, 7) is 4.67. The van der Waals surface area contributed by atoms with Crippen molar-refractivity contribution in [3.8, 4) is 0 Å². The SMILES string of the molecule is Cc1cc(C(=O)N2CCN(C(=O)c3cccc(C(F)(F)F)c3)CC2)c2c(C)nn(C)c2n1. The lowest BCUT2D eigenvalue weighted by molar-refractivity contribution is -0.137. The van der Waals surface area contributed by atoms with E-state index in [1.165, 1.54) is 17.0 Å². The molecular formula is C22H22F3N5O2. The number of piperazine rings is 1. The van der Waals surface area contributed by atoms with Gasteiger partial charge in [0.15, 0.2) is 5.65 Å². The number of carbonyl (C=O) groups excluding carboxylic acids is 2. The summed E-state index contributed by atoms with van der Waals surface area (Å²) in [7, 11) is 1.77. The number of fused-ring (bicyclic) bond motifs is 1. The van der Waals surface area contributed by atoms with Gasteiger partial charge in [-0.1, -0.05) is 6.07 Å². The summed E-state index contributed by atoms with van der Waals surface area (Å²) < 4.78 is 40.5. The average Bonchev–Trinajstić information content (AvgIpc) is 3.05. The molecule has 2 aromatic heterocycles. The van der Waals surface area contributed by atoms with Gasteiger partial charge in [-0.15, -0.1) is 0 Å². The molecule has 3 heterocycles. The van der Waals surface area contributed by atoms with Crippen LogP contribution in [0.1, 0.15) is 37.7 Å². The fourth-order valence-corrected chi connectivity index (χ4v) is 4.03. The summed E-state index contributed by atoms with van der Waals surface area (Å²) in [5, 5.41) is 5.06. The van der Waals surface area contributed by atoms with Crippen LogP contribution in [-0.2, 0) is 13.2 Å². The van der Waals surface area contributed by atoms with Crippen LogP contribution in [0.15, 0.2) is 30.3 Å². The second kappa shape index (κ2) is 7.92. The number of benzene rings is 1. The Labute approximate surface area is 182 Å². The Bertz CT molecular complexity index is 1210. The van der Waals surface area contributed by atoms with Crippen molar-refractivity contribution < 1.29 is 22.8 Å². The summed E-state index contributed by atoms with van der Waals surface area (Å²) in [4.78, 5) is 33.6. The predicted molar refractivity (Wildman–Crippen MR) is 111 cm³/mol. The zero-order valence-electron chi connectivity index (χ0n) is 17.9. The first-order valence-corrected chi connectivity index (χ1v) is 10.1. The van der Waals surface area contributed by atoms with Crippen molar-refractivity contribution in [3.63, 3.8) is 0 Å². The van der Waals surface area contributed by atoms with E-state index < -0.39 is 17.6 Å². The third-order valence-electron chi connectivity index (χ3n) is 5.62. The van der Waals surface area contributed by atoms with Crippen LogP contribution < -0.4 is 0 Å². The number of amides is 2. The maximum atomic E-state index is 13.3. The Morgan fingerprint density at radius 1 is 0.969 bits per heavy atom. The van der Waals surface area contributed by atoms with Crippen molar-refractivity contribution in [1.29, 1.82) is 0 Å². The molecule has 4 rings (SSSR count). The molecule has 3 aromatic rings. The van der Waals surface area contributed by atoms with Gasteiger partial charge in [0.2, 0.25) is 0 Å². The smallest absolute Gasteiger partial charge is 0.335 e. The molecule has 2 amide bonds. The van der Waals surface area contributed by atoms with Gasteiger partial charge in [-0.2, -0.15) is 18.3 Å². The molecule has 168 valence electrons. The molecule has 1 aliphatic rings. The maximum absolute atomic E-state index is 13.3. The molecule has 10 heteroatoms. The molecule has 1 fully saturated rings. The number of pyridine rings is 1. The molecule has 1 aromatic carbocycles. The summed E-state index contributed by atoms with van der Waals surface area (Å²) >= 11 is 0. The highest BCUT2D eigenvalue weighted by Gasteiger charge is 2.32. The Kier molecular flexibility index (Phi) is 5.39. The fraction of sp³-hybridized carbons (Fsp3) is 0.364. The second-order valence-electron chi connectivity index (χ2n) is 7.88. The molecule has 0 unspecified atom stereocenters. The Hall–Kier alpha value is -3.43. The van der Waals surface area contributed by atoms with Gasteiger partial charge in [0.1, 0.15) is 0 Å². The van der Waals surface area contributed by atoms with Crippen LogP contribution in [0.25, 0.3) is 11.0 Å². The molecule has 0 radical (unpaired) electrons. The van der Waals surface area contributed by atoms with Crippen LogP contribution in [0, 0.1) is 13.8 Å².